The zero-order valence-electron chi connectivity index (χ0n) is 14.3. The fourth-order valence-electron chi connectivity index (χ4n) is 2.42. The van der Waals surface area contributed by atoms with Crippen molar-refractivity contribution in [1.82, 2.24) is 10.2 Å². The Kier molecular flexibility index (Phi) is 5.39. The summed E-state index contributed by atoms with van der Waals surface area (Å²) in [6.45, 7) is 3.39. The summed E-state index contributed by atoms with van der Waals surface area (Å²) < 4.78 is 5.80. The maximum Gasteiger partial charge on any atom is 0.225 e. The van der Waals surface area contributed by atoms with Gasteiger partial charge in [0.05, 0.1) is 12.4 Å². The molecule has 0 N–H and O–H groups in total. The average molecular weight is 377 g/mol. The van der Waals surface area contributed by atoms with Crippen LogP contribution in [0.15, 0.2) is 28.6 Å². The Morgan fingerprint density at radius 2 is 1.96 bits per heavy atom. The highest BCUT2D eigenvalue weighted by Gasteiger charge is 2.34. The number of carbonyl (C=O) groups is 2. The van der Waals surface area contributed by atoms with E-state index in [1.165, 1.54) is 23.1 Å². The average Bonchev–Trinajstić information content (AvgIpc) is 3.33. The number of nitrogens with zero attached hydrogens (tertiary/aromatic N) is 3. The molecule has 1 aliphatic rings. The molecule has 1 amide bonds. The highest BCUT2D eigenvalue weighted by Crippen LogP contribution is 2.37. The van der Waals surface area contributed by atoms with Crippen LogP contribution in [0.3, 0.4) is 0 Å². The first-order valence-corrected chi connectivity index (χ1v) is 9.67. The van der Waals surface area contributed by atoms with Crippen molar-refractivity contribution in [2.45, 2.75) is 42.3 Å². The number of thioether (sulfide) groups is 1. The molecule has 1 aromatic heterocycles. The molecule has 0 saturated heterocycles. The Bertz CT molecular complexity index is 772. The van der Waals surface area contributed by atoms with Crippen LogP contribution >= 0.6 is 23.1 Å². The lowest BCUT2D eigenvalue weighted by atomic mass is 10.1. The van der Waals surface area contributed by atoms with Gasteiger partial charge in [-0.3, -0.25) is 14.5 Å². The Labute approximate surface area is 154 Å². The second kappa shape index (κ2) is 7.53. The molecule has 0 spiro atoms. The van der Waals surface area contributed by atoms with Crippen molar-refractivity contribution in [3.63, 3.8) is 0 Å². The Hall–Kier alpha value is -1.93. The summed E-state index contributed by atoms with van der Waals surface area (Å²) in [5.41, 5.74) is 0.633. The molecule has 6 nitrogen and oxygen atoms in total. The lowest BCUT2D eigenvalue weighted by molar-refractivity contribution is -0.116. The first kappa shape index (κ1) is 17.9. The number of ether oxygens (including phenoxy) is 1. The minimum atomic E-state index is -0.291. The Morgan fingerprint density at radius 3 is 2.52 bits per heavy atom. The molecule has 0 aliphatic heterocycles. The van der Waals surface area contributed by atoms with E-state index in [9.17, 15) is 9.59 Å². The number of rotatable bonds is 7. The van der Waals surface area contributed by atoms with E-state index in [1.807, 2.05) is 6.92 Å². The molecule has 1 atom stereocenters. The fourth-order valence-corrected chi connectivity index (χ4v) is 4.60. The van der Waals surface area contributed by atoms with Crippen LogP contribution in [0, 0.1) is 0 Å². The molecule has 1 aliphatic carbocycles. The van der Waals surface area contributed by atoms with Crippen molar-refractivity contribution >= 4 is 39.9 Å². The largest absolute Gasteiger partial charge is 0.497 e. The second-order valence-corrected chi connectivity index (χ2v) is 8.37. The molecule has 1 aromatic carbocycles. The molecule has 0 bridgehead atoms. The van der Waals surface area contributed by atoms with Crippen molar-refractivity contribution in [3.05, 3.63) is 29.8 Å². The number of hydrogen-bond acceptors (Lipinski definition) is 7. The number of Topliss-reactive ketones (excluding diaryl/α,β-unsaturated/α-hetero) is 1. The van der Waals surface area contributed by atoms with E-state index in [4.69, 9.17) is 4.74 Å². The van der Waals surface area contributed by atoms with Gasteiger partial charge in [-0.2, -0.15) is 0 Å². The highest BCUT2D eigenvalue weighted by molar-refractivity contribution is 8.02. The molecular formula is C17H19N3O3S2. The van der Waals surface area contributed by atoms with Gasteiger partial charge in [-0.05, 0) is 44.0 Å². The molecule has 1 fully saturated rings. The predicted octanol–water partition coefficient (Wildman–Crippen LogP) is 3.43. The lowest BCUT2D eigenvalue weighted by Crippen LogP contribution is -2.30. The van der Waals surface area contributed by atoms with Crippen molar-refractivity contribution in [1.29, 1.82) is 0 Å². The third kappa shape index (κ3) is 4.19. The van der Waals surface area contributed by atoms with Crippen LogP contribution in [0.5, 0.6) is 5.75 Å². The number of ketones is 1. The summed E-state index contributed by atoms with van der Waals surface area (Å²) in [5, 5.41) is 8.59. The zero-order chi connectivity index (χ0) is 18.0. The van der Waals surface area contributed by atoms with Crippen molar-refractivity contribution in [2.24, 2.45) is 0 Å². The van der Waals surface area contributed by atoms with Gasteiger partial charge in [-0.15, -0.1) is 10.2 Å². The van der Waals surface area contributed by atoms with Gasteiger partial charge in [0.25, 0.3) is 0 Å². The summed E-state index contributed by atoms with van der Waals surface area (Å²) in [4.78, 5) is 26.0. The smallest absolute Gasteiger partial charge is 0.225 e. The maximum atomic E-state index is 12.5. The molecule has 1 saturated carbocycles. The van der Waals surface area contributed by atoms with Gasteiger partial charge in [0.15, 0.2) is 10.1 Å². The van der Waals surface area contributed by atoms with Gasteiger partial charge < -0.3 is 4.74 Å². The van der Waals surface area contributed by atoms with Crippen LogP contribution < -0.4 is 9.64 Å². The Balaban J connectivity index is 1.67. The number of carbonyl (C=O) groups excluding carboxylic acids is 2. The van der Waals surface area contributed by atoms with Gasteiger partial charge in [0, 0.05) is 18.5 Å². The van der Waals surface area contributed by atoms with E-state index in [0.29, 0.717) is 15.0 Å². The molecule has 1 heterocycles. The minimum absolute atomic E-state index is 0.0162. The second-order valence-electron chi connectivity index (χ2n) is 5.82. The van der Waals surface area contributed by atoms with E-state index in [-0.39, 0.29) is 23.0 Å². The van der Waals surface area contributed by atoms with Crippen LogP contribution in [0.4, 0.5) is 5.13 Å². The van der Waals surface area contributed by atoms with Gasteiger partial charge in [0.2, 0.25) is 11.0 Å². The monoisotopic (exact) mass is 377 g/mol. The van der Waals surface area contributed by atoms with Gasteiger partial charge in [-0.1, -0.05) is 23.1 Å². The standard InChI is InChI=1S/C17H19N3O3S2/c1-10(15(22)12-4-8-14(23-3)9-5-12)24-17-19-18-16(25-17)20(11(2)21)13-6-7-13/h4-5,8-10,13H,6-7H2,1-3H3. The van der Waals surface area contributed by atoms with Crippen molar-refractivity contribution < 1.29 is 14.3 Å². The SMILES string of the molecule is COc1ccc(C(=O)C(C)Sc2nnc(N(C(C)=O)C3CC3)s2)cc1. The number of amides is 1. The maximum absolute atomic E-state index is 12.5. The highest BCUT2D eigenvalue weighted by atomic mass is 32.2. The first-order valence-electron chi connectivity index (χ1n) is 7.98. The normalized spacial score (nSPS) is 14.8. The number of aromatic nitrogens is 2. The van der Waals surface area contributed by atoms with E-state index in [0.717, 1.165) is 18.6 Å². The van der Waals surface area contributed by atoms with Gasteiger partial charge in [0.1, 0.15) is 5.75 Å². The number of methoxy groups -OCH3 is 1. The third-order valence-corrected chi connectivity index (χ3v) is 5.98. The quantitative estimate of drug-likeness (QED) is 0.418. The van der Waals surface area contributed by atoms with Crippen molar-refractivity contribution in [3.8, 4) is 5.75 Å². The Morgan fingerprint density at radius 1 is 1.28 bits per heavy atom. The lowest BCUT2D eigenvalue weighted by Gasteiger charge is -2.15. The molecule has 1 unspecified atom stereocenters. The van der Waals surface area contributed by atoms with Crippen LogP contribution in [0.2, 0.25) is 0 Å². The number of anilines is 1. The van der Waals surface area contributed by atoms with E-state index in [1.54, 1.807) is 43.2 Å². The summed E-state index contributed by atoms with van der Waals surface area (Å²) >= 11 is 2.72. The first-order chi connectivity index (χ1) is 12.0. The number of hydrogen-bond donors (Lipinski definition) is 0. The van der Waals surface area contributed by atoms with Crippen LogP contribution in [-0.2, 0) is 4.79 Å². The minimum Gasteiger partial charge on any atom is -0.497 e. The molecule has 132 valence electrons. The molecule has 3 rings (SSSR count). The predicted molar refractivity (Wildman–Crippen MR) is 98.7 cm³/mol. The van der Waals surface area contributed by atoms with Gasteiger partial charge >= 0.3 is 0 Å². The van der Waals surface area contributed by atoms with E-state index in [2.05, 4.69) is 10.2 Å². The fraction of sp³-hybridized carbons (Fsp3) is 0.412. The van der Waals surface area contributed by atoms with E-state index < -0.39 is 0 Å². The van der Waals surface area contributed by atoms with E-state index >= 15 is 0 Å². The summed E-state index contributed by atoms with van der Waals surface area (Å²) in [5.74, 6) is 0.725. The molecule has 8 heteroatoms. The van der Waals surface area contributed by atoms with Crippen LogP contribution in [0.25, 0.3) is 0 Å². The van der Waals surface area contributed by atoms with Crippen LogP contribution in [-0.4, -0.2) is 40.3 Å². The molecule has 2 aromatic rings. The van der Waals surface area contributed by atoms with Crippen molar-refractivity contribution in [2.75, 3.05) is 12.0 Å². The molecule has 0 radical (unpaired) electrons. The summed E-state index contributed by atoms with van der Waals surface area (Å²) in [6.07, 6.45) is 2.02. The third-order valence-electron chi connectivity index (χ3n) is 3.87. The zero-order valence-corrected chi connectivity index (χ0v) is 15.9. The topological polar surface area (TPSA) is 72.4 Å². The summed E-state index contributed by atoms with van der Waals surface area (Å²) in [6, 6.07) is 7.31. The molecule has 25 heavy (non-hydrogen) atoms. The summed E-state index contributed by atoms with van der Waals surface area (Å²) in [7, 11) is 1.59. The van der Waals surface area contributed by atoms with Crippen LogP contribution in [0.1, 0.15) is 37.0 Å². The number of benzene rings is 1. The van der Waals surface area contributed by atoms with Gasteiger partial charge in [-0.25, -0.2) is 0 Å². The molecular weight excluding hydrogens is 358 g/mol.